The van der Waals surface area contributed by atoms with E-state index in [2.05, 4.69) is 0 Å². The zero-order valence-corrected chi connectivity index (χ0v) is 15.8. The van der Waals surface area contributed by atoms with Crippen molar-refractivity contribution < 1.29 is 13.2 Å². The molecule has 25 heavy (non-hydrogen) atoms. The van der Waals surface area contributed by atoms with Gasteiger partial charge >= 0.3 is 0 Å². The maximum absolute atomic E-state index is 12.3. The fourth-order valence-electron chi connectivity index (χ4n) is 2.41. The smallest absolute Gasteiger partial charge is 0.248 e. The maximum atomic E-state index is 12.3. The number of amides is 1. The quantitative estimate of drug-likeness (QED) is 0.860. The minimum atomic E-state index is -3.18. The molecular formula is C20H25NO3S. The molecule has 0 aliphatic heterocycles. The Morgan fingerprint density at radius 2 is 1.48 bits per heavy atom. The van der Waals surface area contributed by atoms with E-state index >= 15 is 0 Å². The number of sulfone groups is 1. The third-order valence-corrected chi connectivity index (χ3v) is 6.81. The Balaban J connectivity index is 2.01. The van der Waals surface area contributed by atoms with Crippen LogP contribution in [0.15, 0.2) is 48.5 Å². The second-order valence-corrected chi connectivity index (χ2v) is 10.00. The fraction of sp³-hybridized carbons (Fsp3) is 0.350. The lowest BCUT2D eigenvalue weighted by Gasteiger charge is -2.19. The molecule has 2 rings (SSSR count). The molecule has 0 aliphatic carbocycles. The van der Waals surface area contributed by atoms with Crippen molar-refractivity contribution in [2.75, 3.05) is 0 Å². The van der Waals surface area contributed by atoms with Gasteiger partial charge < -0.3 is 5.73 Å². The Hall–Kier alpha value is -2.14. The number of primary amides is 1. The molecule has 0 aromatic heterocycles. The highest BCUT2D eigenvalue weighted by molar-refractivity contribution is 7.91. The first-order valence-electron chi connectivity index (χ1n) is 8.27. The van der Waals surface area contributed by atoms with Crippen LogP contribution in [0, 0.1) is 0 Å². The standard InChI is InChI=1S/C20H25NO3S/c1-20(2,3)25(23,24)14-17-11-8-15(9-12-17)7-10-16-5-4-6-18(13-16)19(21)22/h4-6,8-9,11-13H,7,10,14H2,1-3H3,(H2,21,22). The zero-order valence-electron chi connectivity index (χ0n) is 15.0. The van der Waals surface area contributed by atoms with Gasteiger partial charge in [-0.3, -0.25) is 4.79 Å². The summed E-state index contributed by atoms with van der Waals surface area (Å²) in [4.78, 5) is 11.2. The summed E-state index contributed by atoms with van der Waals surface area (Å²) in [6.07, 6.45) is 1.61. The van der Waals surface area contributed by atoms with Gasteiger partial charge in [0.2, 0.25) is 5.91 Å². The van der Waals surface area contributed by atoms with Crippen LogP contribution in [-0.2, 0) is 28.4 Å². The molecule has 0 saturated heterocycles. The highest BCUT2D eigenvalue weighted by Crippen LogP contribution is 2.21. The van der Waals surface area contributed by atoms with Crippen LogP contribution in [-0.4, -0.2) is 19.1 Å². The zero-order chi connectivity index (χ0) is 18.7. The molecule has 0 spiro atoms. The lowest BCUT2D eigenvalue weighted by molar-refractivity contribution is 0.1000. The van der Waals surface area contributed by atoms with Crippen LogP contribution in [0.25, 0.3) is 0 Å². The Morgan fingerprint density at radius 3 is 2.04 bits per heavy atom. The summed E-state index contributed by atoms with van der Waals surface area (Å²) in [5.74, 6) is -0.372. The van der Waals surface area contributed by atoms with E-state index in [0.29, 0.717) is 5.56 Å². The number of aryl methyl sites for hydroxylation is 2. The van der Waals surface area contributed by atoms with Crippen LogP contribution in [0.4, 0.5) is 0 Å². The third-order valence-electron chi connectivity index (χ3n) is 4.23. The normalized spacial score (nSPS) is 12.1. The molecule has 0 radical (unpaired) electrons. The van der Waals surface area contributed by atoms with Crippen molar-refractivity contribution in [1.29, 1.82) is 0 Å². The number of rotatable bonds is 6. The van der Waals surface area contributed by atoms with E-state index in [9.17, 15) is 13.2 Å². The van der Waals surface area contributed by atoms with Gasteiger partial charge in [0.25, 0.3) is 0 Å². The number of carbonyl (C=O) groups is 1. The summed E-state index contributed by atoms with van der Waals surface area (Å²) in [7, 11) is -3.18. The van der Waals surface area contributed by atoms with Gasteiger partial charge in [0.15, 0.2) is 9.84 Å². The van der Waals surface area contributed by atoms with Gasteiger partial charge in [0, 0.05) is 5.56 Å². The molecule has 5 heteroatoms. The molecule has 0 bridgehead atoms. The Labute approximate surface area is 150 Å². The monoisotopic (exact) mass is 359 g/mol. The highest BCUT2D eigenvalue weighted by Gasteiger charge is 2.28. The summed E-state index contributed by atoms with van der Waals surface area (Å²) < 4.78 is 23.8. The van der Waals surface area contributed by atoms with Gasteiger partial charge in [0.05, 0.1) is 10.5 Å². The van der Waals surface area contributed by atoms with Crippen molar-refractivity contribution in [1.82, 2.24) is 0 Å². The van der Waals surface area contributed by atoms with Crippen LogP contribution in [0.1, 0.15) is 47.8 Å². The molecule has 0 saturated carbocycles. The van der Waals surface area contributed by atoms with Crippen LogP contribution in [0.2, 0.25) is 0 Å². The minimum Gasteiger partial charge on any atom is -0.366 e. The summed E-state index contributed by atoms with van der Waals surface area (Å²) in [6, 6.07) is 15.0. The van der Waals surface area contributed by atoms with Gasteiger partial charge in [-0.25, -0.2) is 8.42 Å². The lowest BCUT2D eigenvalue weighted by atomic mass is 10.0. The Kier molecular flexibility index (Phi) is 5.68. The summed E-state index contributed by atoms with van der Waals surface area (Å²) in [6.45, 7) is 5.16. The average molecular weight is 359 g/mol. The molecule has 2 aromatic rings. The second kappa shape index (κ2) is 7.40. The van der Waals surface area contributed by atoms with E-state index in [-0.39, 0.29) is 5.75 Å². The molecule has 134 valence electrons. The predicted octanol–water partition coefficient (Wildman–Crippen LogP) is 3.28. The first kappa shape index (κ1) is 19.2. The third kappa shape index (κ3) is 5.16. The van der Waals surface area contributed by atoms with Crippen LogP contribution in [0.5, 0.6) is 0 Å². The highest BCUT2D eigenvalue weighted by atomic mass is 32.2. The summed E-state index contributed by atoms with van der Waals surface area (Å²) in [5, 5.41) is 0. The lowest BCUT2D eigenvalue weighted by Crippen LogP contribution is -2.29. The van der Waals surface area contributed by atoms with Crippen molar-refractivity contribution in [3.63, 3.8) is 0 Å². The molecule has 0 aliphatic rings. The van der Waals surface area contributed by atoms with Crippen LogP contribution < -0.4 is 5.73 Å². The fourth-order valence-corrected chi connectivity index (χ4v) is 3.47. The van der Waals surface area contributed by atoms with Crippen LogP contribution in [0.3, 0.4) is 0 Å². The van der Waals surface area contributed by atoms with Crippen molar-refractivity contribution in [3.8, 4) is 0 Å². The molecule has 0 atom stereocenters. The number of carbonyl (C=O) groups excluding carboxylic acids is 1. The van der Waals surface area contributed by atoms with Crippen molar-refractivity contribution in [2.24, 2.45) is 5.73 Å². The number of benzene rings is 2. The average Bonchev–Trinajstić information content (AvgIpc) is 2.53. The number of hydrogen-bond acceptors (Lipinski definition) is 3. The largest absolute Gasteiger partial charge is 0.366 e. The second-order valence-electron chi connectivity index (χ2n) is 7.25. The summed E-state index contributed by atoms with van der Waals surface area (Å²) in [5.41, 5.74) is 8.79. The Morgan fingerprint density at radius 1 is 0.920 bits per heavy atom. The molecule has 1 amide bonds. The van der Waals surface area contributed by atoms with Crippen LogP contribution >= 0.6 is 0 Å². The van der Waals surface area contributed by atoms with E-state index in [0.717, 1.165) is 29.5 Å². The van der Waals surface area contributed by atoms with Crippen molar-refractivity contribution in [3.05, 3.63) is 70.8 Å². The van der Waals surface area contributed by atoms with E-state index < -0.39 is 20.5 Å². The molecule has 0 heterocycles. The molecule has 2 N–H and O–H groups in total. The number of nitrogens with two attached hydrogens (primary N) is 1. The van der Waals surface area contributed by atoms with E-state index in [1.165, 1.54) is 0 Å². The first-order valence-corrected chi connectivity index (χ1v) is 9.92. The topological polar surface area (TPSA) is 77.2 Å². The molecule has 4 nitrogen and oxygen atoms in total. The van der Waals surface area contributed by atoms with Crippen molar-refractivity contribution >= 4 is 15.7 Å². The molecule has 0 unspecified atom stereocenters. The summed E-state index contributed by atoms with van der Waals surface area (Å²) >= 11 is 0. The minimum absolute atomic E-state index is 0.0530. The van der Waals surface area contributed by atoms with Gasteiger partial charge in [-0.15, -0.1) is 0 Å². The van der Waals surface area contributed by atoms with Gasteiger partial charge in [-0.2, -0.15) is 0 Å². The van der Waals surface area contributed by atoms with Crippen molar-refractivity contribution in [2.45, 2.75) is 44.1 Å². The first-order chi connectivity index (χ1) is 11.6. The molecule has 0 fully saturated rings. The van der Waals surface area contributed by atoms with E-state index in [1.807, 2.05) is 42.5 Å². The van der Waals surface area contributed by atoms with Gasteiger partial charge in [-0.1, -0.05) is 36.4 Å². The van der Waals surface area contributed by atoms with Gasteiger partial charge in [-0.05, 0) is 62.4 Å². The predicted molar refractivity (Wildman–Crippen MR) is 101 cm³/mol. The number of hydrogen-bond donors (Lipinski definition) is 1. The van der Waals surface area contributed by atoms with E-state index in [4.69, 9.17) is 5.73 Å². The molecule has 2 aromatic carbocycles. The SMILES string of the molecule is CC(C)(C)S(=O)(=O)Cc1ccc(CCc2cccc(C(N)=O)c2)cc1. The molecular weight excluding hydrogens is 334 g/mol. The van der Waals surface area contributed by atoms with Gasteiger partial charge in [0.1, 0.15) is 0 Å². The van der Waals surface area contributed by atoms with E-state index in [1.54, 1.807) is 26.8 Å². The maximum Gasteiger partial charge on any atom is 0.248 e. The Bertz CT molecular complexity index is 847.